The summed E-state index contributed by atoms with van der Waals surface area (Å²) in [5, 5.41) is 0. The Hall–Kier alpha value is -0.930. The Morgan fingerprint density at radius 1 is 1.50 bits per heavy atom. The largest absolute Gasteiger partial charge is 0.377 e. The van der Waals surface area contributed by atoms with E-state index in [0.717, 1.165) is 11.1 Å². The standard InChI is InChI=1S/C11H18N2O/c1-8-5-6-13-7-9(8)10(12)11(2,3)14-4/h5-7,10H,12H2,1-4H3. The van der Waals surface area contributed by atoms with Crippen LogP contribution >= 0.6 is 0 Å². The van der Waals surface area contributed by atoms with Crippen molar-refractivity contribution in [3.8, 4) is 0 Å². The SMILES string of the molecule is COC(C)(C)C(N)c1cnccc1C. The van der Waals surface area contributed by atoms with E-state index in [0.29, 0.717) is 0 Å². The van der Waals surface area contributed by atoms with Gasteiger partial charge in [-0.1, -0.05) is 0 Å². The Kier molecular flexibility index (Phi) is 3.24. The van der Waals surface area contributed by atoms with Gasteiger partial charge in [0.1, 0.15) is 0 Å². The number of aryl methyl sites for hydroxylation is 1. The van der Waals surface area contributed by atoms with Crippen molar-refractivity contribution in [1.82, 2.24) is 4.98 Å². The van der Waals surface area contributed by atoms with E-state index in [1.54, 1.807) is 19.5 Å². The molecule has 0 radical (unpaired) electrons. The zero-order valence-electron chi connectivity index (χ0n) is 9.24. The van der Waals surface area contributed by atoms with Crippen LogP contribution in [0.4, 0.5) is 0 Å². The first-order valence-electron chi connectivity index (χ1n) is 4.70. The van der Waals surface area contributed by atoms with Gasteiger partial charge in [-0.05, 0) is 38.0 Å². The first-order chi connectivity index (χ1) is 6.49. The molecule has 78 valence electrons. The molecule has 14 heavy (non-hydrogen) atoms. The number of methoxy groups -OCH3 is 1. The van der Waals surface area contributed by atoms with E-state index in [4.69, 9.17) is 10.5 Å². The van der Waals surface area contributed by atoms with Gasteiger partial charge < -0.3 is 10.5 Å². The summed E-state index contributed by atoms with van der Waals surface area (Å²) in [5.41, 5.74) is 7.94. The molecule has 2 N–H and O–H groups in total. The summed E-state index contributed by atoms with van der Waals surface area (Å²) in [6.07, 6.45) is 3.58. The van der Waals surface area contributed by atoms with E-state index in [-0.39, 0.29) is 11.6 Å². The van der Waals surface area contributed by atoms with Crippen LogP contribution in [0.5, 0.6) is 0 Å². The highest BCUT2D eigenvalue weighted by Gasteiger charge is 2.28. The third kappa shape index (κ3) is 2.11. The first-order valence-corrected chi connectivity index (χ1v) is 4.70. The molecular formula is C11H18N2O. The van der Waals surface area contributed by atoms with Gasteiger partial charge in [0.15, 0.2) is 0 Å². The molecule has 1 aromatic heterocycles. The Labute approximate surface area is 85.3 Å². The van der Waals surface area contributed by atoms with E-state index >= 15 is 0 Å². The highest BCUT2D eigenvalue weighted by atomic mass is 16.5. The van der Waals surface area contributed by atoms with Crippen molar-refractivity contribution in [2.45, 2.75) is 32.4 Å². The minimum absolute atomic E-state index is 0.152. The van der Waals surface area contributed by atoms with Crippen LogP contribution in [0.2, 0.25) is 0 Å². The maximum Gasteiger partial charge on any atom is 0.0815 e. The van der Waals surface area contributed by atoms with Crippen molar-refractivity contribution in [2.24, 2.45) is 5.73 Å². The van der Waals surface area contributed by atoms with E-state index in [1.807, 2.05) is 26.8 Å². The van der Waals surface area contributed by atoms with E-state index in [1.165, 1.54) is 0 Å². The normalized spacial score (nSPS) is 14.1. The maximum absolute atomic E-state index is 6.12. The molecule has 0 aromatic carbocycles. The molecule has 0 fully saturated rings. The van der Waals surface area contributed by atoms with Crippen molar-refractivity contribution >= 4 is 0 Å². The summed E-state index contributed by atoms with van der Waals surface area (Å²) >= 11 is 0. The van der Waals surface area contributed by atoms with Crippen molar-refractivity contribution in [1.29, 1.82) is 0 Å². The number of ether oxygens (including phenoxy) is 1. The van der Waals surface area contributed by atoms with Gasteiger partial charge in [-0.25, -0.2) is 0 Å². The maximum atomic E-state index is 6.12. The molecule has 0 bridgehead atoms. The zero-order valence-corrected chi connectivity index (χ0v) is 9.24. The molecule has 3 heteroatoms. The fraction of sp³-hybridized carbons (Fsp3) is 0.545. The molecule has 0 amide bonds. The molecule has 0 aliphatic heterocycles. The van der Waals surface area contributed by atoms with Gasteiger partial charge in [0.25, 0.3) is 0 Å². The molecule has 0 saturated carbocycles. The van der Waals surface area contributed by atoms with Crippen LogP contribution in [0.3, 0.4) is 0 Å². The van der Waals surface area contributed by atoms with Gasteiger partial charge in [-0.3, -0.25) is 4.98 Å². The molecule has 0 aliphatic rings. The Bertz CT molecular complexity index is 310. The van der Waals surface area contributed by atoms with E-state index in [9.17, 15) is 0 Å². The summed E-state index contributed by atoms with van der Waals surface area (Å²) in [5.74, 6) is 0. The van der Waals surface area contributed by atoms with Crippen LogP contribution < -0.4 is 5.73 Å². The van der Waals surface area contributed by atoms with E-state index < -0.39 is 0 Å². The molecule has 1 atom stereocenters. The summed E-state index contributed by atoms with van der Waals surface area (Å²) in [4.78, 5) is 4.08. The van der Waals surface area contributed by atoms with Crippen LogP contribution in [0.15, 0.2) is 18.5 Å². The van der Waals surface area contributed by atoms with Crippen LogP contribution in [0, 0.1) is 6.92 Å². The number of aromatic nitrogens is 1. The van der Waals surface area contributed by atoms with Crippen molar-refractivity contribution in [3.63, 3.8) is 0 Å². The van der Waals surface area contributed by atoms with Crippen LogP contribution in [-0.4, -0.2) is 17.7 Å². The van der Waals surface area contributed by atoms with Gasteiger partial charge in [0.05, 0.1) is 11.6 Å². The predicted octanol–water partition coefficient (Wildman–Crippen LogP) is 1.81. The lowest BCUT2D eigenvalue weighted by Crippen LogP contribution is -2.37. The van der Waals surface area contributed by atoms with Crippen LogP contribution in [-0.2, 0) is 4.74 Å². The van der Waals surface area contributed by atoms with Crippen molar-refractivity contribution < 1.29 is 4.74 Å². The van der Waals surface area contributed by atoms with Gasteiger partial charge in [-0.15, -0.1) is 0 Å². The predicted molar refractivity (Wildman–Crippen MR) is 57.0 cm³/mol. The van der Waals surface area contributed by atoms with Gasteiger partial charge in [-0.2, -0.15) is 0 Å². The molecule has 0 saturated heterocycles. The molecule has 3 nitrogen and oxygen atoms in total. The van der Waals surface area contributed by atoms with Crippen molar-refractivity contribution in [2.75, 3.05) is 7.11 Å². The third-order valence-corrected chi connectivity index (χ3v) is 2.69. The minimum atomic E-state index is -0.367. The number of pyridine rings is 1. The molecule has 1 rings (SSSR count). The second kappa shape index (κ2) is 4.07. The lowest BCUT2D eigenvalue weighted by molar-refractivity contribution is -0.000272. The molecule has 1 unspecified atom stereocenters. The number of nitrogens with two attached hydrogens (primary N) is 1. The number of hydrogen-bond donors (Lipinski definition) is 1. The van der Waals surface area contributed by atoms with Crippen LogP contribution in [0.25, 0.3) is 0 Å². The lowest BCUT2D eigenvalue weighted by atomic mass is 9.91. The van der Waals surface area contributed by atoms with E-state index in [2.05, 4.69) is 4.98 Å². The second-order valence-electron chi connectivity index (χ2n) is 4.02. The molecule has 0 spiro atoms. The fourth-order valence-electron chi connectivity index (χ4n) is 1.30. The fourth-order valence-corrected chi connectivity index (χ4v) is 1.30. The quantitative estimate of drug-likeness (QED) is 0.798. The lowest BCUT2D eigenvalue weighted by Gasteiger charge is -2.31. The Morgan fingerprint density at radius 3 is 2.64 bits per heavy atom. The van der Waals surface area contributed by atoms with Crippen molar-refractivity contribution in [3.05, 3.63) is 29.6 Å². The molecule has 1 heterocycles. The van der Waals surface area contributed by atoms with Crippen LogP contribution in [0.1, 0.15) is 31.0 Å². The highest BCUT2D eigenvalue weighted by Crippen LogP contribution is 2.27. The molecule has 1 aromatic rings. The third-order valence-electron chi connectivity index (χ3n) is 2.69. The average Bonchev–Trinajstić information content (AvgIpc) is 2.17. The summed E-state index contributed by atoms with van der Waals surface area (Å²) < 4.78 is 5.36. The minimum Gasteiger partial charge on any atom is -0.377 e. The second-order valence-corrected chi connectivity index (χ2v) is 4.02. The topological polar surface area (TPSA) is 48.1 Å². The summed E-state index contributed by atoms with van der Waals surface area (Å²) in [7, 11) is 1.67. The summed E-state index contributed by atoms with van der Waals surface area (Å²) in [6.45, 7) is 5.98. The van der Waals surface area contributed by atoms with Gasteiger partial charge in [0, 0.05) is 19.5 Å². The average molecular weight is 194 g/mol. The first kappa shape index (κ1) is 11.1. The van der Waals surface area contributed by atoms with Gasteiger partial charge >= 0.3 is 0 Å². The Balaban J connectivity index is 3.00. The van der Waals surface area contributed by atoms with Gasteiger partial charge in [0.2, 0.25) is 0 Å². The number of nitrogens with zero attached hydrogens (tertiary/aromatic N) is 1. The number of rotatable bonds is 3. The Morgan fingerprint density at radius 2 is 2.14 bits per heavy atom. The zero-order chi connectivity index (χ0) is 10.8. The molecular weight excluding hydrogens is 176 g/mol. The molecule has 0 aliphatic carbocycles. The monoisotopic (exact) mass is 194 g/mol. The smallest absolute Gasteiger partial charge is 0.0815 e. The number of hydrogen-bond acceptors (Lipinski definition) is 3. The summed E-state index contributed by atoms with van der Waals surface area (Å²) in [6, 6.07) is 1.81. The highest BCUT2D eigenvalue weighted by molar-refractivity contribution is 5.26.